The highest BCUT2D eigenvalue weighted by molar-refractivity contribution is 5.93. The van der Waals surface area contributed by atoms with Crippen LogP contribution in [0, 0.1) is 0 Å². The van der Waals surface area contributed by atoms with Crippen molar-refractivity contribution in [3.8, 4) is 0 Å². The molecule has 1 aromatic carbocycles. The van der Waals surface area contributed by atoms with Crippen molar-refractivity contribution in [3.63, 3.8) is 0 Å². The molecule has 5 N–H and O–H groups in total. The highest BCUT2D eigenvalue weighted by Gasteiger charge is 2.28. The van der Waals surface area contributed by atoms with Crippen molar-refractivity contribution in [1.82, 2.24) is 4.90 Å². The molecular formula is C14H20N4O3. The number of benzene rings is 1. The summed E-state index contributed by atoms with van der Waals surface area (Å²) in [6.07, 6.45) is 0. The van der Waals surface area contributed by atoms with Gasteiger partial charge in [-0.05, 0) is 17.7 Å². The fraction of sp³-hybridized carbons (Fsp3) is 0.429. The Morgan fingerprint density at radius 2 is 2.24 bits per heavy atom. The molecule has 7 heteroatoms. The van der Waals surface area contributed by atoms with E-state index >= 15 is 0 Å². The van der Waals surface area contributed by atoms with E-state index in [0.717, 1.165) is 5.56 Å². The molecule has 0 aliphatic carbocycles. The molecule has 0 spiro atoms. The van der Waals surface area contributed by atoms with Crippen molar-refractivity contribution in [3.05, 3.63) is 29.8 Å². The number of carbonyl (C=O) groups excluding carboxylic acids is 2. The number of rotatable bonds is 5. The lowest BCUT2D eigenvalue weighted by molar-refractivity contribution is -0.131. The Morgan fingerprint density at radius 1 is 1.43 bits per heavy atom. The van der Waals surface area contributed by atoms with Crippen LogP contribution in [0.3, 0.4) is 0 Å². The first kappa shape index (κ1) is 15.4. The lowest BCUT2D eigenvalue weighted by atomic mass is 10.2. The number of nitrogens with zero attached hydrogens (tertiary/aromatic N) is 1. The van der Waals surface area contributed by atoms with Crippen molar-refractivity contribution in [2.45, 2.75) is 12.6 Å². The number of anilines is 1. The molecule has 0 saturated carbocycles. The van der Waals surface area contributed by atoms with Gasteiger partial charge >= 0.3 is 0 Å². The quantitative estimate of drug-likeness (QED) is 0.662. The van der Waals surface area contributed by atoms with E-state index in [1.807, 2.05) is 18.2 Å². The average Bonchev–Trinajstić information content (AvgIpc) is 2.47. The highest BCUT2D eigenvalue weighted by atomic mass is 16.5. The molecule has 2 rings (SSSR count). The smallest absolute Gasteiger partial charge is 0.238 e. The van der Waals surface area contributed by atoms with Gasteiger partial charge in [0.25, 0.3) is 0 Å². The molecule has 0 aromatic heterocycles. The molecule has 1 aliphatic rings. The van der Waals surface area contributed by atoms with Crippen molar-refractivity contribution in [2.75, 3.05) is 31.6 Å². The van der Waals surface area contributed by atoms with E-state index in [2.05, 4.69) is 5.32 Å². The van der Waals surface area contributed by atoms with E-state index in [9.17, 15) is 9.59 Å². The number of hydrogen-bond donors (Lipinski definition) is 3. The van der Waals surface area contributed by atoms with Gasteiger partial charge in [0, 0.05) is 18.8 Å². The van der Waals surface area contributed by atoms with E-state index in [0.29, 0.717) is 25.4 Å². The van der Waals surface area contributed by atoms with Crippen LogP contribution in [0.25, 0.3) is 0 Å². The summed E-state index contributed by atoms with van der Waals surface area (Å²) in [6.45, 7) is 1.73. The Bertz CT molecular complexity index is 521. The summed E-state index contributed by atoms with van der Waals surface area (Å²) in [6, 6.07) is 6.78. The molecule has 0 radical (unpaired) electrons. The van der Waals surface area contributed by atoms with Crippen LogP contribution in [-0.2, 0) is 20.9 Å². The van der Waals surface area contributed by atoms with Crippen LogP contribution in [0.15, 0.2) is 24.3 Å². The summed E-state index contributed by atoms with van der Waals surface area (Å²) in [5.74, 6) is -0.676. The molecule has 1 heterocycles. The monoisotopic (exact) mass is 292 g/mol. The fourth-order valence-electron chi connectivity index (χ4n) is 2.25. The Kier molecular flexibility index (Phi) is 5.26. The number of morpholine rings is 1. The van der Waals surface area contributed by atoms with Crippen LogP contribution < -0.4 is 16.8 Å². The van der Waals surface area contributed by atoms with Crippen LogP contribution >= 0.6 is 0 Å². The van der Waals surface area contributed by atoms with Gasteiger partial charge in [0.1, 0.15) is 6.04 Å². The molecule has 1 saturated heterocycles. The molecular weight excluding hydrogens is 272 g/mol. The van der Waals surface area contributed by atoms with E-state index in [1.54, 1.807) is 11.0 Å². The molecule has 7 nitrogen and oxygen atoms in total. The Labute approximate surface area is 123 Å². The van der Waals surface area contributed by atoms with Crippen LogP contribution in [0.1, 0.15) is 5.56 Å². The average molecular weight is 292 g/mol. The Balaban J connectivity index is 1.95. The zero-order chi connectivity index (χ0) is 15.2. The van der Waals surface area contributed by atoms with E-state index in [4.69, 9.17) is 16.2 Å². The number of amides is 2. The lowest BCUT2D eigenvalue weighted by Gasteiger charge is -2.32. The summed E-state index contributed by atoms with van der Waals surface area (Å²) in [4.78, 5) is 25.1. The van der Waals surface area contributed by atoms with Crippen LogP contribution in [0.4, 0.5) is 5.69 Å². The van der Waals surface area contributed by atoms with E-state index < -0.39 is 11.9 Å². The van der Waals surface area contributed by atoms with Crippen LogP contribution in [-0.4, -0.2) is 49.1 Å². The minimum atomic E-state index is -0.556. The molecule has 114 valence electrons. The molecule has 1 aromatic rings. The van der Waals surface area contributed by atoms with Gasteiger partial charge in [-0.3, -0.25) is 14.5 Å². The number of ether oxygens (including phenoxy) is 1. The molecule has 0 bridgehead atoms. The van der Waals surface area contributed by atoms with Crippen molar-refractivity contribution in [2.24, 2.45) is 11.5 Å². The van der Waals surface area contributed by atoms with E-state index in [-0.39, 0.29) is 19.1 Å². The number of nitrogens with one attached hydrogen (secondary N) is 1. The minimum Gasteiger partial charge on any atom is -0.378 e. The molecule has 1 aliphatic heterocycles. The third-order valence-electron chi connectivity index (χ3n) is 3.36. The Morgan fingerprint density at radius 3 is 2.95 bits per heavy atom. The van der Waals surface area contributed by atoms with Gasteiger partial charge in [-0.2, -0.15) is 0 Å². The summed E-state index contributed by atoms with van der Waals surface area (Å²) in [7, 11) is 0. The van der Waals surface area contributed by atoms with Crippen molar-refractivity contribution < 1.29 is 14.3 Å². The van der Waals surface area contributed by atoms with Gasteiger partial charge in [-0.1, -0.05) is 12.1 Å². The molecule has 2 amide bonds. The van der Waals surface area contributed by atoms with E-state index in [1.165, 1.54) is 0 Å². The predicted molar refractivity (Wildman–Crippen MR) is 78.3 cm³/mol. The number of primary amides is 1. The topological polar surface area (TPSA) is 111 Å². The van der Waals surface area contributed by atoms with Gasteiger partial charge < -0.3 is 21.5 Å². The van der Waals surface area contributed by atoms with Crippen molar-refractivity contribution >= 4 is 17.5 Å². The largest absolute Gasteiger partial charge is 0.378 e. The molecule has 21 heavy (non-hydrogen) atoms. The predicted octanol–water partition coefficient (Wildman–Crippen LogP) is -0.730. The summed E-state index contributed by atoms with van der Waals surface area (Å²) in [5.41, 5.74) is 12.5. The fourth-order valence-corrected chi connectivity index (χ4v) is 2.25. The lowest BCUT2D eigenvalue weighted by Crippen LogP contribution is -2.54. The number of carbonyl (C=O) groups is 2. The van der Waals surface area contributed by atoms with Crippen LogP contribution in [0.2, 0.25) is 0 Å². The second-order valence-corrected chi connectivity index (χ2v) is 4.92. The maximum absolute atomic E-state index is 12.1. The Hall–Kier alpha value is -1.96. The summed E-state index contributed by atoms with van der Waals surface area (Å²) in [5, 5.41) is 2.79. The zero-order valence-corrected chi connectivity index (χ0v) is 11.7. The number of nitrogens with two attached hydrogens (primary N) is 2. The first-order valence-corrected chi connectivity index (χ1v) is 6.80. The minimum absolute atomic E-state index is 0.101. The van der Waals surface area contributed by atoms with Crippen LogP contribution in [0.5, 0.6) is 0 Å². The second-order valence-electron chi connectivity index (χ2n) is 4.92. The normalized spacial score (nSPS) is 19.2. The SMILES string of the molecule is NCc1cccc(NC(=O)CN2CCOCC2C(N)=O)c1. The zero-order valence-electron chi connectivity index (χ0n) is 11.7. The van der Waals surface area contributed by atoms with Gasteiger partial charge in [-0.25, -0.2) is 0 Å². The summed E-state index contributed by atoms with van der Waals surface area (Å²) < 4.78 is 5.22. The third kappa shape index (κ3) is 4.25. The van der Waals surface area contributed by atoms with Gasteiger partial charge in [0.15, 0.2) is 0 Å². The molecule has 1 fully saturated rings. The number of hydrogen-bond acceptors (Lipinski definition) is 5. The maximum atomic E-state index is 12.1. The first-order chi connectivity index (χ1) is 10.1. The summed E-state index contributed by atoms with van der Waals surface area (Å²) >= 11 is 0. The standard InChI is InChI=1S/C14H20N4O3/c15-7-10-2-1-3-11(6-10)17-13(19)8-18-4-5-21-9-12(18)14(16)20/h1-3,6,12H,4-5,7-9,15H2,(H2,16,20)(H,17,19). The third-order valence-corrected chi connectivity index (χ3v) is 3.36. The highest BCUT2D eigenvalue weighted by Crippen LogP contribution is 2.11. The maximum Gasteiger partial charge on any atom is 0.238 e. The van der Waals surface area contributed by atoms with Gasteiger partial charge in [0.2, 0.25) is 11.8 Å². The first-order valence-electron chi connectivity index (χ1n) is 6.80. The van der Waals surface area contributed by atoms with Gasteiger partial charge in [-0.15, -0.1) is 0 Å². The molecule has 1 unspecified atom stereocenters. The van der Waals surface area contributed by atoms with Gasteiger partial charge in [0.05, 0.1) is 19.8 Å². The molecule has 1 atom stereocenters. The van der Waals surface area contributed by atoms with Crippen molar-refractivity contribution in [1.29, 1.82) is 0 Å². The second kappa shape index (κ2) is 7.16.